The van der Waals surface area contributed by atoms with Gasteiger partial charge in [-0.15, -0.1) is 12.4 Å². The molecule has 0 aliphatic carbocycles. The van der Waals surface area contributed by atoms with Gasteiger partial charge in [0, 0.05) is 25.8 Å². The molecular formula is C16H27ClN4O. The van der Waals surface area contributed by atoms with Crippen LogP contribution in [0.5, 0.6) is 0 Å². The second-order valence-electron chi connectivity index (χ2n) is 6.27. The first-order chi connectivity index (χ1) is 10.3. The number of hydrogen-bond acceptors (Lipinski definition) is 3. The Kier molecular flexibility index (Phi) is 6.26. The van der Waals surface area contributed by atoms with Crippen LogP contribution in [-0.4, -0.2) is 46.8 Å². The second kappa shape index (κ2) is 7.97. The fourth-order valence-corrected chi connectivity index (χ4v) is 3.70. The van der Waals surface area contributed by atoms with Crippen LogP contribution in [0, 0.1) is 11.8 Å². The van der Waals surface area contributed by atoms with E-state index in [1.165, 1.54) is 12.8 Å². The minimum atomic E-state index is 0. The summed E-state index contributed by atoms with van der Waals surface area (Å²) >= 11 is 0. The fourth-order valence-electron chi connectivity index (χ4n) is 3.70. The van der Waals surface area contributed by atoms with Gasteiger partial charge in [-0.25, -0.2) is 0 Å². The smallest absolute Gasteiger partial charge is 0.274 e. The lowest BCUT2D eigenvalue weighted by molar-refractivity contribution is 0.0635. The molecule has 0 bridgehead atoms. The van der Waals surface area contributed by atoms with E-state index < -0.39 is 0 Å². The molecular weight excluding hydrogens is 300 g/mol. The van der Waals surface area contributed by atoms with Gasteiger partial charge in [0.1, 0.15) is 5.69 Å². The summed E-state index contributed by atoms with van der Waals surface area (Å²) in [5.74, 6) is 1.78. The lowest BCUT2D eigenvalue weighted by atomic mass is 9.79. The highest BCUT2D eigenvalue weighted by molar-refractivity contribution is 5.92. The van der Waals surface area contributed by atoms with E-state index >= 15 is 0 Å². The summed E-state index contributed by atoms with van der Waals surface area (Å²) in [6.07, 6.45) is 6.81. The van der Waals surface area contributed by atoms with Crippen molar-refractivity contribution in [3.63, 3.8) is 0 Å². The quantitative estimate of drug-likeness (QED) is 0.926. The molecule has 0 spiro atoms. The van der Waals surface area contributed by atoms with E-state index in [0.29, 0.717) is 5.69 Å². The first kappa shape index (κ1) is 17.3. The maximum absolute atomic E-state index is 12.5. The average molecular weight is 327 g/mol. The van der Waals surface area contributed by atoms with Gasteiger partial charge >= 0.3 is 0 Å². The first-order valence-electron chi connectivity index (χ1n) is 8.31. The molecule has 0 saturated carbocycles. The molecule has 0 radical (unpaired) electrons. The number of amides is 1. The number of aryl methyl sites for hydroxylation is 1. The van der Waals surface area contributed by atoms with Gasteiger partial charge in [-0.05, 0) is 63.6 Å². The molecule has 0 aromatic carbocycles. The Morgan fingerprint density at radius 2 is 1.86 bits per heavy atom. The van der Waals surface area contributed by atoms with Crippen LogP contribution in [0.1, 0.15) is 43.1 Å². The lowest BCUT2D eigenvalue weighted by Gasteiger charge is -2.37. The molecule has 0 unspecified atom stereocenters. The number of nitrogens with one attached hydrogen (secondary N) is 1. The number of piperidine rings is 2. The van der Waals surface area contributed by atoms with E-state index in [4.69, 9.17) is 0 Å². The molecule has 2 fully saturated rings. The fraction of sp³-hybridized carbons (Fsp3) is 0.750. The van der Waals surface area contributed by atoms with Crippen molar-refractivity contribution in [1.29, 1.82) is 0 Å². The van der Waals surface area contributed by atoms with Crippen molar-refractivity contribution in [1.82, 2.24) is 20.0 Å². The zero-order chi connectivity index (χ0) is 14.7. The number of carbonyl (C=O) groups is 1. The highest BCUT2D eigenvalue weighted by Gasteiger charge is 2.30. The Morgan fingerprint density at radius 3 is 2.45 bits per heavy atom. The summed E-state index contributed by atoms with van der Waals surface area (Å²) < 4.78 is 1.81. The van der Waals surface area contributed by atoms with Crippen molar-refractivity contribution in [2.75, 3.05) is 26.2 Å². The normalized spacial score (nSPS) is 20.7. The topological polar surface area (TPSA) is 50.2 Å². The summed E-state index contributed by atoms with van der Waals surface area (Å²) in [6, 6.07) is 1.84. The highest BCUT2D eigenvalue weighted by Crippen LogP contribution is 2.31. The molecule has 1 N–H and O–H groups in total. The first-order valence-corrected chi connectivity index (χ1v) is 8.31. The van der Waals surface area contributed by atoms with Gasteiger partial charge in [-0.1, -0.05) is 0 Å². The predicted molar refractivity (Wildman–Crippen MR) is 89.4 cm³/mol. The van der Waals surface area contributed by atoms with Crippen LogP contribution in [-0.2, 0) is 6.54 Å². The van der Waals surface area contributed by atoms with E-state index in [-0.39, 0.29) is 18.3 Å². The van der Waals surface area contributed by atoms with Crippen LogP contribution in [0.3, 0.4) is 0 Å². The van der Waals surface area contributed by atoms with Crippen molar-refractivity contribution < 1.29 is 4.79 Å². The van der Waals surface area contributed by atoms with Crippen LogP contribution in [0.4, 0.5) is 0 Å². The molecule has 3 heterocycles. The van der Waals surface area contributed by atoms with Crippen molar-refractivity contribution in [2.45, 2.75) is 39.2 Å². The largest absolute Gasteiger partial charge is 0.337 e. The summed E-state index contributed by atoms with van der Waals surface area (Å²) in [5, 5.41) is 7.76. The van der Waals surface area contributed by atoms with Gasteiger partial charge < -0.3 is 10.2 Å². The molecule has 124 valence electrons. The molecule has 1 aromatic rings. The Hall–Kier alpha value is -1.07. The number of aromatic nitrogens is 2. The third-order valence-electron chi connectivity index (χ3n) is 5.06. The van der Waals surface area contributed by atoms with E-state index in [1.54, 1.807) is 0 Å². The van der Waals surface area contributed by atoms with E-state index in [9.17, 15) is 4.79 Å². The molecule has 3 rings (SSSR count). The van der Waals surface area contributed by atoms with Crippen LogP contribution >= 0.6 is 12.4 Å². The zero-order valence-corrected chi connectivity index (χ0v) is 14.1. The van der Waals surface area contributed by atoms with Crippen LogP contribution in [0.25, 0.3) is 0 Å². The molecule has 1 aromatic heterocycles. The number of carbonyl (C=O) groups excluding carboxylic acids is 1. The third-order valence-corrected chi connectivity index (χ3v) is 5.06. The number of halogens is 1. The second-order valence-corrected chi connectivity index (χ2v) is 6.27. The number of nitrogens with zero attached hydrogens (tertiary/aromatic N) is 3. The van der Waals surface area contributed by atoms with Gasteiger partial charge in [-0.3, -0.25) is 9.48 Å². The monoisotopic (exact) mass is 326 g/mol. The molecule has 22 heavy (non-hydrogen) atoms. The van der Waals surface area contributed by atoms with Crippen molar-refractivity contribution >= 4 is 18.3 Å². The minimum absolute atomic E-state index is 0. The summed E-state index contributed by atoms with van der Waals surface area (Å²) in [7, 11) is 0. The Labute approximate surface area is 138 Å². The minimum Gasteiger partial charge on any atom is -0.337 e. The van der Waals surface area contributed by atoms with Gasteiger partial charge in [0.25, 0.3) is 5.91 Å². The van der Waals surface area contributed by atoms with Gasteiger partial charge in [-0.2, -0.15) is 5.10 Å². The summed E-state index contributed by atoms with van der Waals surface area (Å²) in [6.45, 7) is 6.96. The van der Waals surface area contributed by atoms with Gasteiger partial charge in [0.05, 0.1) is 0 Å². The molecule has 0 atom stereocenters. The molecule has 2 aliphatic heterocycles. The lowest BCUT2D eigenvalue weighted by Crippen LogP contribution is -2.42. The Morgan fingerprint density at radius 1 is 1.23 bits per heavy atom. The van der Waals surface area contributed by atoms with Gasteiger partial charge in [0.15, 0.2) is 0 Å². The average Bonchev–Trinajstić information content (AvgIpc) is 3.04. The molecule has 6 heteroatoms. The molecule has 2 aliphatic rings. The number of likely N-dealkylation sites (tertiary alicyclic amines) is 1. The van der Waals surface area contributed by atoms with Crippen molar-refractivity contribution in [3.05, 3.63) is 18.0 Å². The maximum Gasteiger partial charge on any atom is 0.274 e. The highest BCUT2D eigenvalue weighted by atomic mass is 35.5. The van der Waals surface area contributed by atoms with Gasteiger partial charge in [0.2, 0.25) is 0 Å². The number of hydrogen-bond donors (Lipinski definition) is 1. The van der Waals surface area contributed by atoms with Crippen LogP contribution in [0.2, 0.25) is 0 Å². The molecule has 2 saturated heterocycles. The van der Waals surface area contributed by atoms with E-state index in [0.717, 1.165) is 57.4 Å². The predicted octanol–water partition coefficient (Wildman–Crippen LogP) is 2.18. The standard InChI is InChI=1S/C16H26N4O.ClH/c1-2-20-12-7-15(18-20)16(21)19-10-5-14(6-11-19)13-3-8-17-9-4-13;/h7,12-14,17H,2-6,8-11H2,1H3;1H. The SMILES string of the molecule is CCn1ccc(C(=O)N2CCC(C3CCNCC3)CC2)n1.Cl. The maximum atomic E-state index is 12.5. The van der Waals surface area contributed by atoms with Crippen LogP contribution in [0.15, 0.2) is 12.3 Å². The van der Waals surface area contributed by atoms with Crippen molar-refractivity contribution in [3.8, 4) is 0 Å². The zero-order valence-electron chi connectivity index (χ0n) is 13.3. The van der Waals surface area contributed by atoms with Crippen LogP contribution < -0.4 is 5.32 Å². The van der Waals surface area contributed by atoms with E-state index in [2.05, 4.69) is 10.4 Å². The Bertz CT molecular complexity index is 476. The molecule has 1 amide bonds. The molecule has 5 nitrogen and oxygen atoms in total. The summed E-state index contributed by atoms with van der Waals surface area (Å²) in [5.41, 5.74) is 0.595. The van der Waals surface area contributed by atoms with Crippen molar-refractivity contribution in [2.24, 2.45) is 11.8 Å². The Balaban J connectivity index is 0.00000176. The van der Waals surface area contributed by atoms with E-state index in [1.807, 2.05) is 28.8 Å². The number of rotatable bonds is 3. The summed E-state index contributed by atoms with van der Waals surface area (Å²) in [4.78, 5) is 14.4. The third kappa shape index (κ3) is 3.82.